The van der Waals surface area contributed by atoms with Crippen LogP contribution >= 0.6 is 0 Å². The summed E-state index contributed by atoms with van der Waals surface area (Å²) in [4.78, 5) is 3.99. The van der Waals surface area contributed by atoms with Crippen LogP contribution in [-0.4, -0.2) is 34.8 Å². The lowest BCUT2D eigenvalue weighted by molar-refractivity contribution is 0.270. The second-order valence-electron chi connectivity index (χ2n) is 4.96. The Labute approximate surface area is 121 Å². The summed E-state index contributed by atoms with van der Waals surface area (Å²) in [6.07, 6.45) is 5.18. The molecule has 0 saturated heterocycles. The van der Waals surface area contributed by atoms with Crippen molar-refractivity contribution in [3.05, 3.63) is 30.2 Å². The molecule has 0 atom stereocenters. The van der Waals surface area contributed by atoms with Crippen LogP contribution in [0.15, 0.2) is 28.1 Å². The molecule has 9 heteroatoms. The van der Waals surface area contributed by atoms with Gasteiger partial charge >= 0.3 is 0 Å². The van der Waals surface area contributed by atoms with E-state index in [9.17, 15) is 13.5 Å². The van der Waals surface area contributed by atoms with E-state index in [4.69, 9.17) is 0 Å². The molecule has 1 aliphatic rings. The molecule has 2 N–H and O–H groups in total. The smallest absolute Gasteiger partial charge is 0.242 e. The second kappa shape index (κ2) is 5.58. The van der Waals surface area contributed by atoms with Gasteiger partial charge in [0.2, 0.25) is 16.4 Å². The number of aliphatic hydroxyl groups excluding tert-OH is 1. The van der Waals surface area contributed by atoms with Crippen LogP contribution < -0.4 is 4.72 Å². The average molecular weight is 312 g/mol. The van der Waals surface area contributed by atoms with E-state index in [2.05, 4.69) is 19.4 Å². The van der Waals surface area contributed by atoms with Crippen LogP contribution in [0.3, 0.4) is 0 Å². The lowest BCUT2D eigenvalue weighted by Gasteiger charge is -2.04. The summed E-state index contributed by atoms with van der Waals surface area (Å²) in [6, 6.07) is 1.82. The summed E-state index contributed by atoms with van der Waals surface area (Å²) in [6.45, 7) is 0.0137. The molecule has 2 heterocycles. The summed E-state index contributed by atoms with van der Waals surface area (Å²) in [5, 5.41) is 12.9. The van der Waals surface area contributed by atoms with Gasteiger partial charge in [-0.25, -0.2) is 13.1 Å². The van der Waals surface area contributed by atoms with Crippen LogP contribution in [-0.2, 0) is 23.1 Å². The number of aromatic nitrogens is 3. The first kappa shape index (κ1) is 14.2. The van der Waals surface area contributed by atoms with E-state index in [1.165, 1.54) is 12.5 Å². The molecule has 0 amide bonds. The predicted molar refractivity (Wildman–Crippen MR) is 71.8 cm³/mol. The van der Waals surface area contributed by atoms with E-state index in [0.29, 0.717) is 24.0 Å². The summed E-state index contributed by atoms with van der Waals surface area (Å²) >= 11 is 0. The maximum absolute atomic E-state index is 12.2. The fraction of sp³-hybridized carbons (Fsp3) is 0.500. The highest BCUT2D eigenvalue weighted by molar-refractivity contribution is 7.89. The van der Waals surface area contributed by atoms with Crippen LogP contribution in [0, 0.1) is 0 Å². The van der Waals surface area contributed by atoms with Gasteiger partial charge in [0.1, 0.15) is 0 Å². The number of hydrogen-bond donors (Lipinski definition) is 2. The van der Waals surface area contributed by atoms with Crippen molar-refractivity contribution in [1.29, 1.82) is 0 Å². The molecule has 114 valence electrons. The summed E-state index contributed by atoms with van der Waals surface area (Å²) in [5.41, 5.74) is 0.621. The number of hydrogen-bond acceptors (Lipinski definition) is 6. The van der Waals surface area contributed by atoms with Gasteiger partial charge < -0.3 is 14.2 Å². The van der Waals surface area contributed by atoms with E-state index in [-0.39, 0.29) is 18.0 Å². The van der Waals surface area contributed by atoms with Crippen molar-refractivity contribution in [3.8, 4) is 0 Å². The van der Waals surface area contributed by atoms with Crippen molar-refractivity contribution in [2.75, 3.05) is 6.54 Å². The highest BCUT2D eigenvalue weighted by Gasteiger charge is 2.27. The van der Waals surface area contributed by atoms with Crippen molar-refractivity contribution < 1.29 is 18.0 Å². The van der Waals surface area contributed by atoms with Crippen LogP contribution in [0.5, 0.6) is 0 Å². The molecule has 1 saturated carbocycles. The van der Waals surface area contributed by atoms with Crippen molar-refractivity contribution in [3.63, 3.8) is 0 Å². The zero-order valence-corrected chi connectivity index (χ0v) is 12.1. The van der Waals surface area contributed by atoms with Gasteiger partial charge in [0.25, 0.3) is 0 Å². The lowest BCUT2D eigenvalue weighted by Crippen LogP contribution is -2.26. The maximum Gasteiger partial charge on any atom is 0.242 e. The standard InChI is InChI=1S/C12H16N4O4S/c17-7-10-5-11(6-16(10)9-1-2-9)21(18,19)14-4-3-12-13-8-20-15-12/h5-6,8-9,14,17H,1-4,7H2. The number of sulfonamides is 1. The van der Waals surface area contributed by atoms with E-state index in [1.54, 1.807) is 6.20 Å². The van der Waals surface area contributed by atoms with Gasteiger partial charge in [-0.2, -0.15) is 4.98 Å². The largest absolute Gasteiger partial charge is 0.390 e. The number of nitrogens with one attached hydrogen (secondary N) is 1. The topological polar surface area (TPSA) is 110 Å². The minimum Gasteiger partial charge on any atom is -0.390 e. The quantitative estimate of drug-likeness (QED) is 0.756. The Balaban J connectivity index is 1.69. The van der Waals surface area contributed by atoms with Crippen LogP contribution in [0.25, 0.3) is 0 Å². The molecular weight excluding hydrogens is 296 g/mol. The molecular formula is C12H16N4O4S. The third-order valence-electron chi connectivity index (χ3n) is 3.37. The van der Waals surface area contributed by atoms with Crippen LogP contribution in [0.2, 0.25) is 0 Å². The first-order valence-corrected chi connectivity index (χ1v) is 8.15. The van der Waals surface area contributed by atoms with Crippen molar-refractivity contribution >= 4 is 10.0 Å². The molecule has 0 spiro atoms. The predicted octanol–water partition coefficient (Wildman–Crippen LogP) is 0.219. The highest BCUT2D eigenvalue weighted by Crippen LogP contribution is 2.37. The van der Waals surface area contributed by atoms with Gasteiger partial charge in [-0.3, -0.25) is 0 Å². The van der Waals surface area contributed by atoms with Gasteiger partial charge in [0.05, 0.1) is 11.5 Å². The molecule has 2 aromatic rings. The summed E-state index contributed by atoms with van der Waals surface area (Å²) < 4.78 is 33.3. The molecule has 1 aliphatic carbocycles. The SMILES string of the molecule is O=S(=O)(NCCc1ncon1)c1cc(CO)n(C2CC2)c1. The fourth-order valence-corrected chi connectivity index (χ4v) is 3.23. The maximum atomic E-state index is 12.2. The van der Waals surface area contributed by atoms with Gasteiger partial charge in [0, 0.05) is 30.9 Å². The van der Waals surface area contributed by atoms with Gasteiger partial charge in [-0.05, 0) is 18.9 Å². The Morgan fingerprint density at radius 1 is 1.48 bits per heavy atom. The summed E-state index contributed by atoms with van der Waals surface area (Å²) in [5.74, 6) is 0.448. The Bertz CT molecular complexity index is 704. The minimum absolute atomic E-state index is 0.172. The van der Waals surface area contributed by atoms with Crippen LogP contribution in [0.4, 0.5) is 0 Å². The van der Waals surface area contributed by atoms with E-state index < -0.39 is 10.0 Å². The average Bonchev–Trinajstić information content (AvgIpc) is 3.00. The first-order valence-electron chi connectivity index (χ1n) is 6.66. The number of aliphatic hydroxyl groups is 1. The summed E-state index contributed by atoms with van der Waals surface area (Å²) in [7, 11) is -3.60. The molecule has 1 fully saturated rings. The highest BCUT2D eigenvalue weighted by atomic mass is 32.2. The monoisotopic (exact) mass is 312 g/mol. The number of nitrogens with zero attached hydrogens (tertiary/aromatic N) is 3. The van der Waals surface area contributed by atoms with E-state index >= 15 is 0 Å². The van der Waals surface area contributed by atoms with E-state index in [0.717, 1.165) is 12.8 Å². The fourth-order valence-electron chi connectivity index (χ4n) is 2.15. The normalized spacial score (nSPS) is 15.5. The Hall–Kier alpha value is -1.71. The third-order valence-corrected chi connectivity index (χ3v) is 4.80. The molecule has 0 unspecified atom stereocenters. The molecule has 0 bridgehead atoms. The molecule has 2 aromatic heterocycles. The Morgan fingerprint density at radius 3 is 2.90 bits per heavy atom. The van der Waals surface area contributed by atoms with Gasteiger partial charge in [-0.1, -0.05) is 5.16 Å². The molecule has 0 aromatic carbocycles. The van der Waals surface area contributed by atoms with E-state index in [1.807, 2.05) is 4.57 Å². The second-order valence-corrected chi connectivity index (χ2v) is 6.73. The number of rotatable bonds is 7. The van der Waals surface area contributed by atoms with Crippen molar-refractivity contribution in [2.45, 2.75) is 36.8 Å². The van der Waals surface area contributed by atoms with Gasteiger partial charge in [-0.15, -0.1) is 0 Å². The molecule has 8 nitrogen and oxygen atoms in total. The Morgan fingerprint density at radius 2 is 2.29 bits per heavy atom. The molecule has 3 rings (SSSR count). The Kier molecular flexibility index (Phi) is 3.79. The minimum atomic E-state index is -3.60. The molecule has 0 radical (unpaired) electrons. The molecule has 21 heavy (non-hydrogen) atoms. The van der Waals surface area contributed by atoms with Crippen molar-refractivity contribution in [1.82, 2.24) is 19.4 Å². The molecule has 0 aliphatic heterocycles. The van der Waals surface area contributed by atoms with Crippen LogP contribution in [0.1, 0.15) is 30.4 Å². The zero-order valence-electron chi connectivity index (χ0n) is 11.3. The van der Waals surface area contributed by atoms with Crippen molar-refractivity contribution in [2.24, 2.45) is 0 Å². The van der Waals surface area contributed by atoms with Gasteiger partial charge in [0.15, 0.2) is 5.82 Å². The first-order chi connectivity index (χ1) is 10.1. The lowest BCUT2D eigenvalue weighted by atomic mass is 10.4. The zero-order chi connectivity index (χ0) is 14.9. The third kappa shape index (κ3) is 3.14.